The largest absolute Gasteiger partial charge is 0.496 e. The zero-order chi connectivity index (χ0) is 13.2. The molecule has 0 amide bonds. The van der Waals surface area contributed by atoms with Crippen LogP contribution in [0.15, 0.2) is 18.3 Å². The SMILES string of the molecule is COc1cc(C)c2[nH]ccc2c1CN1CCCCC1.Cl. The lowest BCUT2D eigenvalue weighted by Crippen LogP contribution is -2.29. The average molecular weight is 295 g/mol. The number of aromatic nitrogens is 1. The number of hydrogen-bond donors (Lipinski definition) is 1. The maximum atomic E-state index is 5.60. The van der Waals surface area contributed by atoms with Gasteiger partial charge in [0, 0.05) is 29.2 Å². The number of aromatic amines is 1. The molecule has 110 valence electrons. The summed E-state index contributed by atoms with van der Waals surface area (Å²) in [4.78, 5) is 5.89. The third-order valence-corrected chi connectivity index (χ3v) is 4.16. The molecule has 3 rings (SSSR count). The summed E-state index contributed by atoms with van der Waals surface area (Å²) in [5, 5.41) is 1.31. The van der Waals surface area contributed by atoms with Gasteiger partial charge in [-0.15, -0.1) is 12.4 Å². The van der Waals surface area contributed by atoms with E-state index in [0.29, 0.717) is 0 Å². The zero-order valence-electron chi connectivity index (χ0n) is 12.2. The van der Waals surface area contributed by atoms with Gasteiger partial charge < -0.3 is 9.72 Å². The molecule has 1 aromatic carbocycles. The maximum Gasteiger partial charge on any atom is 0.124 e. The first-order chi connectivity index (χ1) is 9.29. The van der Waals surface area contributed by atoms with E-state index in [1.54, 1.807) is 7.11 Å². The number of hydrogen-bond acceptors (Lipinski definition) is 2. The van der Waals surface area contributed by atoms with Gasteiger partial charge in [-0.05, 0) is 50.6 Å². The second-order valence-corrected chi connectivity index (χ2v) is 5.48. The molecule has 4 heteroatoms. The Kier molecular flexibility index (Phi) is 4.95. The lowest BCUT2D eigenvalue weighted by atomic mass is 10.0. The Morgan fingerprint density at radius 3 is 2.70 bits per heavy atom. The molecule has 0 radical (unpaired) electrons. The smallest absolute Gasteiger partial charge is 0.124 e. The van der Waals surface area contributed by atoms with Crippen LogP contribution in [0.25, 0.3) is 10.9 Å². The average Bonchev–Trinajstić information content (AvgIpc) is 2.93. The van der Waals surface area contributed by atoms with Crippen molar-refractivity contribution in [3.8, 4) is 5.75 Å². The summed E-state index contributed by atoms with van der Waals surface area (Å²) in [6, 6.07) is 4.32. The van der Waals surface area contributed by atoms with E-state index in [9.17, 15) is 0 Å². The lowest BCUT2D eigenvalue weighted by molar-refractivity contribution is 0.219. The summed E-state index contributed by atoms with van der Waals surface area (Å²) in [6.07, 6.45) is 6.05. The number of rotatable bonds is 3. The Hall–Kier alpha value is -1.19. The molecule has 0 spiro atoms. The highest BCUT2D eigenvalue weighted by atomic mass is 35.5. The van der Waals surface area contributed by atoms with Crippen molar-refractivity contribution in [3.63, 3.8) is 0 Å². The van der Waals surface area contributed by atoms with Crippen molar-refractivity contribution in [1.82, 2.24) is 9.88 Å². The molecular weight excluding hydrogens is 272 g/mol. The summed E-state index contributed by atoms with van der Waals surface area (Å²) >= 11 is 0. The number of methoxy groups -OCH3 is 1. The Morgan fingerprint density at radius 2 is 2.00 bits per heavy atom. The number of aryl methyl sites for hydroxylation is 1. The van der Waals surface area contributed by atoms with Gasteiger partial charge in [0.25, 0.3) is 0 Å². The van der Waals surface area contributed by atoms with Crippen LogP contribution in [-0.2, 0) is 6.54 Å². The van der Waals surface area contributed by atoms with E-state index in [4.69, 9.17) is 4.74 Å². The number of likely N-dealkylation sites (tertiary alicyclic amines) is 1. The minimum absolute atomic E-state index is 0. The molecule has 1 aliphatic rings. The molecule has 3 nitrogen and oxygen atoms in total. The van der Waals surface area contributed by atoms with Gasteiger partial charge in [0.1, 0.15) is 5.75 Å². The van der Waals surface area contributed by atoms with E-state index in [1.165, 1.54) is 54.4 Å². The number of piperidine rings is 1. The lowest BCUT2D eigenvalue weighted by Gasteiger charge is -2.27. The van der Waals surface area contributed by atoms with Gasteiger partial charge in [0.2, 0.25) is 0 Å². The van der Waals surface area contributed by atoms with Crippen LogP contribution in [0, 0.1) is 6.92 Å². The summed E-state index contributed by atoms with van der Waals surface area (Å²) in [7, 11) is 1.77. The normalized spacial score (nSPS) is 16.1. The van der Waals surface area contributed by atoms with Crippen molar-refractivity contribution in [2.45, 2.75) is 32.7 Å². The van der Waals surface area contributed by atoms with E-state index < -0.39 is 0 Å². The molecule has 0 unspecified atom stereocenters. The van der Waals surface area contributed by atoms with Crippen molar-refractivity contribution in [3.05, 3.63) is 29.5 Å². The van der Waals surface area contributed by atoms with Crippen molar-refractivity contribution in [2.75, 3.05) is 20.2 Å². The molecule has 0 aliphatic carbocycles. The van der Waals surface area contributed by atoms with Gasteiger partial charge in [0.15, 0.2) is 0 Å². The minimum Gasteiger partial charge on any atom is -0.496 e. The Balaban J connectivity index is 0.00000147. The second-order valence-electron chi connectivity index (χ2n) is 5.48. The minimum atomic E-state index is 0. The van der Waals surface area contributed by atoms with E-state index in [1.807, 2.05) is 6.20 Å². The monoisotopic (exact) mass is 294 g/mol. The van der Waals surface area contributed by atoms with Crippen molar-refractivity contribution < 1.29 is 4.74 Å². The molecule has 2 aromatic rings. The number of fused-ring (bicyclic) bond motifs is 1. The zero-order valence-corrected chi connectivity index (χ0v) is 13.1. The number of ether oxygens (including phenoxy) is 1. The first kappa shape index (κ1) is 15.2. The highest BCUT2D eigenvalue weighted by molar-refractivity contribution is 5.88. The van der Waals surface area contributed by atoms with Crippen LogP contribution in [-0.4, -0.2) is 30.1 Å². The Bertz CT molecular complexity index is 573. The van der Waals surface area contributed by atoms with Gasteiger partial charge in [-0.25, -0.2) is 0 Å². The van der Waals surface area contributed by atoms with Crippen LogP contribution in [0.1, 0.15) is 30.4 Å². The van der Waals surface area contributed by atoms with Gasteiger partial charge in [-0.3, -0.25) is 4.90 Å². The predicted molar refractivity (Wildman–Crippen MR) is 86.0 cm³/mol. The van der Waals surface area contributed by atoms with Crippen LogP contribution < -0.4 is 4.74 Å². The van der Waals surface area contributed by atoms with Crippen LogP contribution >= 0.6 is 12.4 Å². The van der Waals surface area contributed by atoms with Crippen LogP contribution in [0.4, 0.5) is 0 Å². The van der Waals surface area contributed by atoms with Crippen molar-refractivity contribution in [2.24, 2.45) is 0 Å². The molecule has 0 saturated carbocycles. The highest BCUT2D eigenvalue weighted by Crippen LogP contribution is 2.32. The third kappa shape index (κ3) is 2.79. The summed E-state index contributed by atoms with van der Waals surface area (Å²) in [5.41, 5.74) is 3.82. The summed E-state index contributed by atoms with van der Waals surface area (Å²) < 4.78 is 5.60. The van der Waals surface area contributed by atoms with Gasteiger partial charge >= 0.3 is 0 Å². The molecule has 1 N–H and O–H groups in total. The van der Waals surface area contributed by atoms with E-state index in [0.717, 1.165) is 12.3 Å². The van der Waals surface area contributed by atoms with Crippen LogP contribution in [0.5, 0.6) is 5.75 Å². The molecule has 2 heterocycles. The van der Waals surface area contributed by atoms with E-state index in [2.05, 4.69) is 28.9 Å². The first-order valence-corrected chi connectivity index (χ1v) is 7.15. The van der Waals surface area contributed by atoms with Crippen LogP contribution in [0.3, 0.4) is 0 Å². The number of benzene rings is 1. The Labute approximate surface area is 126 Å². The summed E-state index contributed by atoms with van der Waals surface area (Å²) in [5.74, 6) is 1.02. The number of nitrogens with zero attached hydrogens (tertiary/aromatic N) is 1. The van der Waals surface area contributed by atoms with Gasteiger partial charge in [-0.2, -0.15) is 0 Å². The fourth-order valence-corrected chi connectivity index (χ4v) is 3.12. The quantitative estimate of drug-likeness (QED) is 0.930. The van der Waals surface area contributed by atoms with E-state index in [-0.39, 0.29) is 12.4 Å². The van der Waals surface area contributed by atoms with E-state index >= 15 is 0 Å². The van der Waals surface area contributed by atoms with Crippen molar-refractivity contribution >= 4 is 23.3 Å². The second kappa shape index (κ2) is 6.51. The van der Waals surface area contributed by atoms with Gasteiger partial charge in [0.05, 0.1) is 7.11 Å². The highest BCUT2D eigenvalue weighted by Gasteiger charge is 2.16. The third-order valence-electron chi connectivity index (χ3n) is 4.16. The number of H-pyrrole nitrogens is 1. The van der Waals surface area contributed by atoms with Crippen LogP contribution in [0.2, 0.25) is 0 Å². The first-order valence-electron chi connectivity index (χ1n) is 7.15. The molecule has 1 fully saturated rings. The standard InChI is InChI=1S/C16H22N2O.ClH/c1-12-10-15(19-2)14(13-6-7-17-16(12)13)11-18-8-4-3-5-9-18;/h6-7,10,17H,3-5,8-9,11H2,1-2H3;1H. The summed E-state index contributed by atoms with van der Waals surface area (Å²) in [6.45, 7) is 5.55. The molecule has 1 aliphatic heterocycles. The fraction of sp³-hybridized carbons (Fsp3) is 0.500. The van der Waals surface area contributed by atoms with Gasteiger partial charge in [-0.1, -0.05) is 6.42 Å². The molecule has 1 saturated heterocycles. The molecule has 1 aromatic heterocycles. The maximum absolute atomic E-state index is 5.60. The molecule has 0 bridgehead atoms. The number of nitrogens with one attached hydrogen (secondary N) is 1. The Morgan fingerprint density at radius 1 is 1.25 bits per heavy atom. The molecular formula is C16H23ClN2O. The topological polar surface area (TPSA) is 28.3 Å². The molecule has 20 heavy (non-hydrogen) atoms. The fourth-order valence-electron chi connectivity index (χ4n) is 3.12. The predicted octanol–water partition coefficient (Wildman–Crippen LogP) is 3.89. The number of halogens is 1. The van der Waals surface area contributed by atoms with Crippen molar-refractivity contribution in [1.29, 1.82) is 0 Å². The molecule has 0 atom stereocenters.